The molecule has 7 nitrogen and oxygen atoms in total. The number of hydrogen-bond donors (Lipinski definition) is 0. The summed E-state index contributed by atoms with van der Waals surface area (Å²) in [5, 5.41) is 6.79. The van der Waals surface area contributed by atoms with Crippen molar-refractivity contribution in [2.75, 3.05) is 39.4 Å². The van der Waals surface area contributed by atoms with Crippen LogP contribution in [0.5, 0.6) is 0 Å². The summed E-state index contributed by atoms with van der Waals surface area (Å²) in [5.41, 5.74) is 4.00. The second-order valence-corrected chi connectivity index (χ2v) is 9.87. The minimum atomic E-state index is -3.53. The third kappa shape index (κ3) is 4.31. The highest BCUT2D eigenvalue weighted by Crippen LogP contribution is 2.24. The van der Waals surface area contributed by atoms with Gasteiger partial charge in [-0.1, -0.05) is 6.07 Å². The summed E-state index contributed by atoms with van der Waals surface area (Å²) in [5.74, 6) is 0. The van der Waals surface area contributed by atoms with E-state index >= 15 is 0 Å². The second kappa shape index (κ2) is 8.91. The standard InChI is InChI=1S/C22H30N4O3S/c1-18-15-20(17-23-24-9-4-3-5-10-24)19(2)26(18)21-7-6-8-22(16-21)30(27,28)25-11-13-29-14-12-25/h6-8,15-17H,3-5,9-14H2,1-2H3/b23-17+. The van der Waals surface area contributed by atoms with Gasteiger partial charge in [-0.15, -0.1) is 0 Å². The van der Waals surface area contributed by atoms with Crippen molar-refractivity contribution in [1.82, 2.24) is 13.9 Å². The number of hydrogen-bond acceptors (Lipinski definition) is 5. The van der Waals surface area contributed by atoms with Crippen molar-refractivity contribution in [3.05, 3.63) is 47.3 Å². The molecule has 0 saturated carbocycles. The molecule has 0 N–H and O–H groups in total. The predicted octanol–water partition coefficient (Wildman–Crippen LogP) is 2.93. The Morgan fingerprint density at radius 3 is 2.47 bits per heavy atom. The summed E-state index contributed by atoms with van der Waals surface area (Å²) in [6.07, 6.45) is 5.60. The average molecular weight is 431 g/mol. The highest BCUT2D eigenvalue weighted by Gasteiger charge is 2.26. The van der Waals surface area contributed by atoms with Crippen LogP contribution >= 0.6 is 0 Å². The van der Waals surface area contributed by atoms with Gasteiger partial charge in [0.1, 0.15) is 0 Å². The molecule has 1 aromatic carbocycles. The molecule has 2 fully saturated rings. The van der Waals surface area contributed by atoms with Crippen molar-refractivity contribution < 1.29 is 13.2 Å². The van der Waals surface area contributed by atoms with Crippen LogP contribution in [0.1, 0.15) is 36.2 Å². The zero-order valence-corrected chi connectivity index (χ0v) is 18.6. The molecular formula is C22H30N4O3S. The first kappa shape index (κ1) is 21.1. The van der Waals surface area contributed by atoms with Crippen molar-refractivity contribution in [3.8, 4) is 5.69 Å². The SMILES string of the molecule is Cc1cc(/C=N/N2CCCCC2)c(C)n1-c1cccc(S(=O)(=O)N2CCOCC2)c1. The molecule has 2 aliphatic heterocycles. The van der Waals surface area contributed by atoms with Crippen LogP contribution in [0.25, 0.3) is 5.69 Å². The summed E-state index contributed by atoms with van der Waals surface area (Å²) < 4.78 is 35.0. The van der Waals surface area contributed by atoms with E-state index in [9.17, 15) is 8.42 Å². The van der Waals surface area contributed by atoms with Crippen molar-refractivity contribution in [2.24, 2.45) is 5.10 Å². The number of piperidine rings is 1. The second-order valence-electron chi connectivity index (χ2n) is 7.93. The largest absolute Gasteiger partial charge is 0.379 e. The minimum Gasteiger partial charge on any atom is -0.379 e. The first-order valence-electron chi connectivity index (χ1n) is 10.6. The third-order valence-electron chi connectivity index (χ3n) is 5.85. The Morgan fingerprint density at radius 1 is 1.00 bits per heavy atom. The Morgan fingerprint density at radius 2 is 1.73 bits per heavy atom. The Kier molecular flexibility index (Phi) is 6.26. The Bertz CT molecular complexity index is 1020. The van der Waals surface area contributed by atoms with E-state index in [0.717, 1.165) is 35.7 Å². The van der Waals surface area contributed by atoms with E-state index in [1.807, 2.05) is 32.2 Å². The molecule has 3 heterocycles. The normalized spacial score (nSPS) is 18.9. The summed E-state index contributed by atoms with van der Waals surface area (Å²) in [6.45, 7) is 7.77. The lowest BCUT2D eigenvalue weighted by Gasteiger charge is -2.26. The van der Waals surface area contributed by atoms with E-state index in [1.54, 1.807) is 12.1 Å². The molecule has 2 saturated heterocycles. The van der Waals surface area contributed by atoms with Crippen molar-refractivity contribution >= 4 is 16.2 Å². The van der Waals surface area contributed by atoms with Gasteiger partial charge in [-0.25, -0.2) is 8.42 Å². The molecule has 0 bridgehead atoms. The molecule has 0 amide bonds. The molecule has 2 aromatic rings. The number of hydrazone groups is 1. The van der Waals surface area contributed by atoms with Crippen LogP contribution in [-0.4, -0.2) is 67.9 Å². The maximum Gasteiger partial charge on any atom is 0.243 e. The van der Waals surface area contributed by atoms with E-state index in [2.05, 4.69) is 20.7 Å². The molecule has 1 aromatic heterocycles. The number of aryl methyl sites for hydroxylation is 1. The lowest BCUT2D eigenvalue weighted by molar-refractivity contribution is 0.0730. The molecule has 0 aliphatic carbocycles. The number of benzene rings is 1. The molecule has 0 radical (unpaired) electrons. The lowest BCUT2D eigenvalue weighted by atomic mass is 10.2. The molecule has 4 rings (SSSR count). The van der Waals surface area contributed by atoms with E-state index < -0.39 is 10.0 Å². The van der Waals surface area contributed by atoms with Crippen LogP contribution in [0.3, 0.4) is 0 Å². The number of nitrogens with zero attached hydrogens (tertiary/aromatic N) is 4. The van der Waals surface area contributed by atoms with Crippen LogP contribution in [-0.2, 0) is 14.8 Å². The van der Waals surface area contributed by atoms with Crippen LogP contribution in [0.4, 0.5) is 0 Å². The minimum absolute atomic E-state index is 0.318. The Balaban J connectivity index is 1.62. The molecule has 8 heteroatoms. The summed E-state index contributed by atoms with van der Waals surface area (Å²) >= 11 is 0. The van der Waals surface area contributed by atoms with Crippen LogP contribution in [0, 0.1) is 13.8 Å². The molecule has 30 heavy (non-hydrogen) atoms. The quantitative estimate of drug-likeness (QED) is 0.684. The summed E-state index contributed by atoms with van der Waals surface area (Å²) in [4.78, 5) is 0.318. The van der Waals surface area contributed by atoms with Gasteiger partial charge in [-0.3, -0.25) is 5.01 Å². The van der Waals surface area contributed by atoms with Gasteiger partial charge in [0, 0.05) is 48.8 Å². The zero-order valence-electron chi connectivity index (χ0n) is 17.7. The van der Waals surface area contributed by atoms with Gasteiger partial charge in [0.15, 0.2) is 0 Å². The van der Waals surface area contributed by atoms with E-state index in [-0.39, 0.29) is 0 Å². The smallest absolute Gasteiger partial charge is 0.243 e. The van der Waals surface area contributed by atoms with Crippen LogP contribution < -0.4 is 0 Å². The molecule has 2 aliphatic rings. The van der Waals surface area contributed by atoms with Gasteiger partial charge in [0.05, 0.1) is 24.3 Å². The predicted molar refractivity (Wildman–Crippen MR) is 118 cm³/mol. The molecule has 0 spiro atoms. The first-order chi connectivity index (χ1) is 14.5. The highest BCUT2D eigenvalue weighted by molar-refractivity contribution is 7.89. The highest BCUT2D eigenvalue weighted by atomic mass is 32.2. The van der Waals surface area contributed by atoms with Gasteiger partial charge < -0.3 is 9.30 Å². The molecule has 162 valence electrons. The topological polar surface area (TPSA) is 67.1 Å². The molecule has 0 atom stereocenters. The third-order valence-corrected chi connectivity index (χ3v) is 7.74. The number of rotatable bonds is 5. The van der Waals surface area contributed by atoms with Gasteiger partial charge in [0.2, 0.25) is 10.0 Å². The Hall–Kier alpha value is -2.16. The number of aromatic nitrogens is 1. The van der Waals surface area contributed by atoms with Gasteiger partial charge in [-0.05, 0) is 57.4 Å². The van der Waals surface area contributed by atoms with E-state index in [1.165, 1.54) is 23.6 Å². The summed E-state index contributed by atoms with van der Waals surface area (Å²) in [6, 6.07) is 9.29. The number of ether oxygens (including phenoxy) is 1. The van der Waals surface area contributed by atoms with Gasteiger partial charge in [-0.2, -0.15) is 9.41 Å². The molecule has 0 unspecified atom stereocenters. The fourth-order valence-electron chi connectivity index (χ4n) is 4.17. The first-order valence-corrected chi connectivity index (χ1v) is 12.1. The number of morpholine rings is 1. The van der Waals surface area contributed by atoms with Crippen LogP contribution in [0.15, 0.2) is 40.3 Å². The zero-order chi connectivity index (χ0) is 21.1. The van der Waals surface area contributed by atoms with Gasteiger partial charge in [0.25, 0.3) is 0 Å². The van der Waals surface area contributed by atoms with E-state index in [0.29, 0.717) is 31.2 Å². The van der Waals surface area contributed by atoms with E-state index in [4.69, 9.17) is 4.74 Å². The van der Waals surface area contributed by atoms with Gasteiger partial charge >= 0.3 is 0 Å². The monoisotopic (exact) mass is 430 g/mol. The summed E-state index contributed by atoms with van der Waals surface area (Å²) in [7, 11) is -3.53. The fraction of sp³-hybridized carbons (Fsp3) is 0.500. The molecular weight excluding hydrogens is 400 g/mol. The average Bonchev–Trinajstić information content (AvgIpc) is 3.06. The maximum atomic E-state index is 13.1. The lowest BCUT2D eigenvalue weighted by Crippen LogP contribution is -2.40. The fourth-order valence-corrected chi connectivity index (χ4v) is 5.62. The van der Waals surface area contributed by atoms with Crippen LogP contribution in [0.2, 0.25) is 0 Å². The number of sulfonamides is 1. The van der Waals surface area contributed by atoms with Crippen molar-refractivity contribution in [2.45, 2.75) is 38.0 Å². The Labute approximate surface area is 179 Å². The maximum absolute atomic E-state index is 13.1. The van der Waals surface area contributed by atoms with Crippen molar-refractivity contribution in [3.63, 3.8) is 0 Å². The van der Waals surface area contributed by atoms with Crippen molar-refractivity contribution in [1.29, 1.82) is 0 Å².